The molecule has 0 bridgehead atoms. The average molecular weight is 713 g/mol. The first kappa shape index (κ1) is 31.5. The molecular formula is C32H35Br2N5O4. The first-order chi connectivity index (χ1) is 21.0. The Labute approximate surface area is 268 Å². The molecule has 1 aliphatic heterocycles. The quantitative estimate of drug-likeness (QED) is 0.0917. The van der Waals surface area contributed by atoms with Crippen molar-refractivity contribution in [2.45, 2.75) is 63.0 Å². The minimum Gasteiger partial charge on any atom is -0.374 e. The maximum Gasteiger partial charge on any atom is 0.245 e. The zero-order valence-corrected chi connectivity index (χ0v) is 27.2. The highest BCUT2D eigenvalue weighted by molar-refractivity contribution is 9.10. The van der Waals surface area contributed by atoms with E-state index in [0.29, 0.717) is 30.5 Å². The molecule has 1 aromatic heterocycles. The number of hydrogen-bond donors (Lipinski definition) is 1. The third-order valence-corrected chi connectivity index (χ3v) is 8.09. The molecule has 1 saturated heterocycles. The van der Waals surface area contributed by atoms with Gasteiger partial charge in [-0.3, -0.25) is 0 Å². The summed E-state index contributed by atoms with van der Waals surface area (Å²) in [5.41, 5.74) is 7.04. The third-order valence-electron chi connectivity index (χ3n) is 6.78. The van der Waals surface area contributed by atoms with Crippen molar-refractivity contribution in [3.63, 3.8) is 0 Å². The second-order valence-electron chi connectivity index (χ2n) is 10.4. The largest absolute Gasteiger partial charge is 0.374 e. The molecule has 2 heterocycles. The molecule has 5 atom stereocenters. The summed E-state index contributed by atoms with van der Waals surface area (Å²) in [7, 11) is 0. The van der Waals surface area contributed by atoms with Gasteiger partial charge in [-0.1, -0.05) is 107 Å². The molecule has 226 valence electrons. The molecule has 1 aliphatic rings. The van der Waals surface area contributed by atoms with E-state index in [4.69, 9.17) is 18.9 Å². The molecule has 0 radical (unpaired) electrons. The lowest BCUT2D eigenvalue weighted by atomic mass is 9.99. The van der Waals surface area contributed by atoms with Gasteiger partial charge in [0.15, 0.2) is 6.23 Å². The molecule has 0 saturated carbocycles. The van der Waals surface area contributed by atoms with Crippen LogP contribution in [0.3, 0.4) is 0 Å². The van der Waals surface area contributed by atoms with Gasteiger partial charge in [-0.25, -0.2) is 5.43 Å². The van der Waals surface area contributed by atoms with E-state index in [0.717, 1.165) is 22.4 Å². The van der Waals surface area contributed by atoms with Crippen LogP contribution in [0.15, 0.2) is 101 Å². The van der Waals surface area contributed by atoms with Gasteiger partial charge in [0, 0.05) is 5.71 Å². The molecule has 0 amide bonds. The van der Waals surface area contributed by atoms with Crippen LogP contribution in [-0.4, -0.2) is 50.2 Å². The van der Waals surface area contributed by atoms with E-state index in [1.54, 1.807) is 4.68 Å². The van der Waals surface area contributed by atoms with E-state index < -0.39 is 24.5 Å². The van der Waals surface area contributed by atoms with Crippen LogP contribution in [0.25, 0.3) is 0 Å². The Morgan fingerprint density at radius 3 is 1.93 bits per heavy atom. The van der Waals surface area contributed by atoms with Gasteiger partial charge in [0.1, 0.15) is 18.3 Å². The fourth-order valence-electron chi connectivity index (χ4n) is 4.72. The minimum absolute atomic E-state index is 0.278. The number of ether oxygens (including phenoxy) is 4. The molecule has 0 unspecified atom stereocenters. The number of nitrogens with zero attached hydrogens (tertiary/aromatic N) is 4. The smallest absolute Gasteiger partial charge is 0.245 e. The SMILES string of the molecule is CC(C)=NNc1nc(Br)nn1[C@H]1O[C@H](COCc2ccccc2)[C@@H](OCc2ccccc2)[C@H](OCc2ccccc2)[C@H]1Br. The highest BCUT2D eigenvalue weighted by Gasteiger charge is 2.48. The average Bonchev–Trinajstić information content (AvgIpc) is 3.40. The van der Waals surface area contributed by atoms with Crippen LogP contribution < -0.4 is 5.43 Å². The Kier molecular flexibility index (Phi) is 11.5. The standard InChI is InChI=1S/C32H35Br2N5O4/c1-22(2)36-37-32-35-31(34)38-39(32)30-27(33)29(42-20-25-16-10-5-11-17-25)28(41-19-24-14-8-4-9-15-24)26(43-30)21-40-18-23-12-6-3-7-13-23/h3-17,26-30H,18-21H2,1-2H3,(H,35,37,38)/t26-,27-,28-,29-,30+/m1/s1. The number of halogens is 2. The molecule has 4 aromatic rings. The number of alkyl halides is 1. The van der Waals surface area contributed by atoms with E-state index in [2.05, 4.69) is 52.5 Å². The lowest BCUT2D eigenvalue weighted by Crippen LogP contribution is -2.57. The number of anilines is 1. The monoisotopic (exact) mass is 711 g/mol. The second-order valence-corrected chi connectivity index (χ2v) is 12.1. The molecule has 5 rings (SSSR count). The van der Waals surface area contributed by atoms with Crippen molar-refractivity contribution < 1.29 is 18.9 Å². The number of hydrogen-bond acceptors (Lipinski definition) is 8. The molecule has 11 heteroatoms. The lowest BCUT2D eigenvalue weighted by Gasteiger charge is -2.44. The number of nitrogens with one attached hydrogen (secondary N) is 1. The highest BCUT2D eigenvalue weighted by atomic mass is 79.9. The van der Waals surface area contributed by atoms with E-state index >= 15 is 0 Å². The maximum atomic E-state index is 6.74. The zero-order valence-electron chi connectivity index (χ0n) is 24.1. The van der Waals surface area contributed by atoms with Crippen LogP contribution in [0, 0.1) is 0 Å². The second kappa shape index (κ2) is 15.7. The van der Waals surface area contributed by atoms with Gasteiger partial charge < -0.3 is 18.9 Å². The van der Waals surface area contributed by atoms with Gasteiger partial charge in [0.2, 0.25) is 10.7 Å². The molecule has 0 spiro atoms. The predicted octanol–water partition coefficient (Wildman–Crippen LogP) is 6.90. The van der Waals surface area contributed by atoms with Crippen molar-refractivity contribution in [3.05, 3.63) is 112 Å². The van der Waals surface area contributed by atoms with Crippen LogP contribution in [-0.2, 0) is 38.8 Å². The van der Waals surface area contributed by atoms with Crippen LogP contribution in [0.2, 0.25) is 0 Å². The van der Waals surface area contributed by atoms with Crippen molar-refractivity contribution in [1.82, 2.24) is 14.8 Å². The van der Waals surface area contributed by atoms with Crippen molar-refractivity contribution in [2.75, 3.05) is 12.0 Å². The summed E-state index contributed by atoms with van der Waals surface area (Å²) in [6.07, 6.45) is -1.99. The Balaban J connectivity index is 1.44. The Bertz CT molecular complexity index is 1440. The summed E-state index contributed by atoms with van der Waals surface area (Å²) < 4.78 is 28.3. The van der Waals surface area contributed by atoms with Crippen LogP contribution >= 0.6 is 31.9 Å². The lowest BCUT2D eigenvalue weighted by molar-refractivity contribution is -0.233. The zero-order chi connectivity index (χ0) is 30.0. The number of benzene rings is 3. The van der Waals surface area contributed by atoms with Crippen LogP contribution in [0.1, 0.15) is 36.8 Å². The van der Waals surface area contributed by atoms with E-state index in [1.807, 2.05) is 105 Å². The van der Waals surface area contributed by atoms with Gasteiger partial charge in [-0.15, -0.1) is 5.10 Å². The first-order valence-electron chi connectivity index (χ1n) is 14.1. The summed E-state index contributed by atoms with van der Waals surface area (Å²) in [5.74, 6) is 0.428. The molecular weight excluding hydrogens is 678 g/mol. The molecule has 43 heavy (non-hydrogen) atoms. The van der Waals surface area contributed by atoms with Crippen LogP contribution in [0.4, 0.5) is 5.95 Å². The summed E-state index contributed by atoms with van der Waals surface area (Å²) in [5, 5.41) is 8.93. The minimum atomic E-state index is -0.615. The predicted molar refractivity (Wildman–Crippen MR) is 173 cm³/mol. The normalized spacial score (nSPS) is 21.8. The van der Waals surface area contributed by atoms with Gasteiger partial charge >= 0.3 is 0 Å². The summed E-state index contributed by atoms with van der Waals surface area (Å²) >= 11 is 7.33. The summed E-state index contributed by atoms with van der Waals surface area (Å²) in [6, 6.07) is 30.2. The van der Waals surface area contributed by atoms with Gasteiger partial charge in [-0.05, 0) is 46.5 Å². The number of aromatic nitrogens is 3. The number of rotatable bonds is 13. The summed E-state index contributed by atoms with van der Waals surface area (Å²) in [4.78, 5) is 4.12. The topological polar surface area (TPSA) is 92.0 Å². The van der Waals surface area contributed by atoms with Gasteiger partial charge in [0.25, 0.3) is 0 Å². The van der Waals surface area contributed by atoms with Gasteiger partial charge in [0.05, 0.1) is 31.3 Å². The Morgan fingerprint density at radius 1 is 0.837 bits per heavy atom. The van der Waals surface area contributed by atoms with Crippen molar-refractivity contribution in [2.24, 2.45) is 5.10 Å². The summed E-state index contributed by atoms with van der Waals surface area (Å²) in [6.45, 7) is 5.31. The van der Waals surface area contributed by atoms with Crippen LogP contribution in [0.5, 0.6) is 0 Å². The maximum absolute atomic E-state index is 6.74. The highest BCUT2D eigenvalue weighted by Crippen LogP contribution is 2.38. The number of hydrazone groups is 1. The molecule has 9 nitrogen and oxygen atoms in total. The van der Waals surface area contributed by atoms with Gasteiger partial charge in [-0.2, -0.15) is 14.8 Å². The van der Waals surface area contributed by atoms with E-state index in [9.17, 15) is 0 Å². The first-order valence-corrected chi connectivity index (χ1v) is 15.8. The fraction of sp³-hybridized carbons (Fsp3) is 0.344. The molecule has 1 N–H and O–H groups in total. The van der Waals surface area contributed by atoms with Crippen molar-refractivity contribution in [1.29, 1.82) is 0 Å². The Morgan fingerprint density at radius 2 is 1.37 bits per heavy atom. The van der Waals surface area contributed by atoms with E-state index in [-0.39, 0.29) is 11.4 Å². The third kappa shape index (κ3) is 8.81. The van der Waals surface area contributed by atoms with Crippen molar-refractivity contribution >= 4 is 43.5 Å². The van der Waals surface area contributed by atoms with E-state index in [1.165, 1.54) is 0 Å². The molecule has 0 aliphatic carbocycles. The fourth-order valence-corrected chi connectivity index (χ4v) is 5.86. The molecule has 3 aromatic carbocycles. The van der Waals surface area contributed by atoms with Crippen molar-refractivity contribution in [3.8, 4) is 0 Å². The molecule has 1 fully saturated rings. The Hall–Kier alpha value is -2.93.